The van der Waals surface area contributed by atoms with Gasteiger partial charge in [-0.1, -0.05) is 0 Å². The Morgan fingerprint density at radius 2 is 1.64 bits per heavy atom. The second kappa shape index (κ2) is 4.58. The molecule has 2 fully saturated rings. The maximum Gasteiger partial charge on any atom is -0.000558 e. The van der Waals surface area contributed by atoms with Crippen molar-refractivity contribution in [1.29, 1.82) is 0 Å². The maximum absolute atomic E-state index is 3.35. The molecule has 0 aromatic carbocycles. The Kier molecular flexibility index (Phi) is 4.04. The van der Waals surface area contributed by atoms with E-state index in [9.17, 15) is 0 Å². The van der Waals surface area contributed by atoms with Crippen molar-refractivity contribution in [1.82, 2.24) is 5.32 Å². The van der Waals surface area contributed by atoms with Crippen LogP contribution >= 0.6 is 24.2 Å². The van der Waals surface area contributed by atoms with E-state index in [1.54, 1.807) is 0 Å². The molecule has 0 bridgehead atoms. The molecule has 2 heterocycles. The molecule has 66 valence electrons. The summed E-state index contributed by atoms with van der Waals surface area (Å²) in [5.41, 5.74) is 0. The highest BCUT2D eigenvalue weighted by atomic mass is 35.5. The van der Waals surface area contributed by atoms with Crippen molar-refractivity contribution in [3.8, 4) is 0 Å². The predicted octanol–water partition coefficient (Wildman–Crippen LogP) is 1.77. The Morgan fingerprint density at radius 1 is 1.00 bits per heavy atom. The van der Waals surface area contributed by atoms with E-state index in [0.29, 0.717) is 0 Å². The lowest BCUT2D eigenvalue weighted by Crippen LogP contribution is -2.46. The monoisotopic (exact) mass is 193 g/mol. The zero-order valence-corrected chi connectivity index (χ0v) is 8.35. The van der Waals surface area contributed by atoms with E-state index >= 15 is 0 Å². The molecule has 0 amide bonds. The molecule has 1 nitrogen and oxygen atoms in total. The largest absolute Gasteiger partial charge is 0.316 e. The fourth-order valence-corrected chi connectivity index (χ4v) is 2.97. The highest BCUT2D eigenvalue weighted by Crippen LogP contribution is 2.30. The molecule has 0 aromatic rings. The van der Waals surface area contributed by atoms with Gasteiger partial charge in [-0.25, -0.2) is 0 Å². The number of hydrogen-bond donors (Lipinski definition) is 1. The smallest absolute Gasteiger partial charge is 0.000558 e. The number of thioether (sulfide) groups is 1. The van der Waals surface area contributed by atoms with Crippen LogP contribution in [0, 0.1) is 11.8 Å². The first kappa shape index (κ1) is 9.69. The van der Waals surface area contributed by atoms with Crippen LogP contribution in [-0.2, 0) is 0 Å². The van der Waals surface area contributed by atoms with Gasteiger partial charge in [-0.3, -0.25) is 0 Å². The van der Waals surface area contributed by atoms with Crippen molar-refractivity contribution in [3.63, 3.8) is 0 Å². The molecule has 2 rings (SSSR count). The third-order valence-corrected chi connectivity index (χ3v) is 3.79. The van der Waals surface area contributed by atoms with E-state index in [0.717, 1.165) is 11.8 Å². The minimum absolute atomic E-state index is 0. The van der Waals surface area contributed by atoms with Crippen LogP contribution in [0.3, 0.4) is 0 Å². The summed E-state index contributed by atoms with van der Waals surface area (Å²) in [5, 5.41) is 3.35. The number of rotatable bonds is 1. The second-order valence-corrected chi connectivity index (χ2v) is 4.59. The first-order valence-corrected chi connectivity index (χ1v) is 5.41. The molecule has 0 radical (unpaired) electrons. The zero-order valence-electron chi connectivity index (χ0n) is 6.71. The molecule has 2 saturated heterocycles. The Bertz CT molecular complexity index is 111. The van der Waals surface area contributed by atoms with Gasteiger partial charge >= 0.3 is 0 Å². The third kappa shape index (κ3) is 2.27. The van der Waals surface area contributed by atoms with Gasteiger partial charge in [-0.15, -0.1) is 12.4 Å². The Morgan fingerprint density at radius 3 is 2.09 bits per heavy atom. The maximum atomic E-state index is 3.35. The van der Waals surface area contributed by atoms with Gasteiger partial charge in [0.15, 0.2) is 0 Å². The van der Waals surface area contributed by atoms with E-state index in [-0.39, 0.29) is 12.4 Å². The molecule has 2 aliphatic rings. The second-order valence-electron chi connectivity index (χ2n) is 3.37. The summed E-state index contributed by atoms with van der Waals surface area (Å²) in [4.78, 5) is 0. The van der Waals surface area contributed by atoms with Crippen LogP contribution in [0.15, 0.2) is 0 Å². The molecule has 0 unspecified atom stereocenters. The molecule has 11 heavy (non-hydrogen) atoms. The fraction of sp³-hybridized carbons (Fsp3) is 1.00. The Labute approximate surface area is 79.1 Å². The van der Waals surface area contributed by atoms with Crippen molar-refractivity contribution in [2.45, 2.75) is 12.8 Å². The standard InChI is InChI=1S/C8H15NS.ClH/c1-3-10-4-2-7(1)8-5-9-6-8;/h7-9H,1-6H2;1H. The Hall–Kier alpha value is 0.600. The Balaban J connectivity index is 0.000000605. The summed E-state index contributed by atoms with van der Waals surface area (Å²) in [7, 11) is 0. The van der Waals surface area contributed by atoms with Crippen molar-refractivity contribution in [3.05, 3.63) is 0 Å². The van der Waals surface area contributed by atoms with Crippen LogP contribution in [0.1, 0.15) is 12.8 Å². The fourth-order valence-electron chi connectivity index (χ4n) is 1.83. The summed E-state index contributed by atoms with van der Waals surface area (Å²) >= 11 is 2.13. The molecule has 0 aliphatic carbocycles. The first-order valence-electron chi connectivity index (χ1n) is 4.25. The van der Waals surface area contributed by atoms with Crippen LogP contribution < -0.4 is 5.32 Å². The quantitative estimate of drug-likeness (QED) is 0.682. The summed E-state index contributed by atoms with van der Waals surface area (Å²) in [5.74, 6) is 4.95. The van der Waals surface area contributed by atoms with E-state index in [2.05, 4.69) is 17.1 Å². The van der Waals surface area contributed by atoms with Crippen molar-refractivity contribution in [2.24, 2.45) is 11.8 Å². The van der Waals surface area contributed by atoms with Crippen molar-refractivity contribution >= 4 is 24.2 Å². The van der Waals surface area contributed by atoms with Gasteiger partial charge in [0.1, 0.15) is 0 Å². The lowest BCUT2D eigenvalue weighted by Gasteiger charge is -2.36. The predicted molar refractivity (Wildman–Crippen MR) is 53.7 cm³/mol. The number of nitrogens with one attached hydrogen (secondary N) is 1. The molecule has 0 spiro atoms. The van der Waals surface area contributed by atoms with Crippen LogP contribution in [0.25, 0.3) is 0 Å². The van der Waals surface area contributed by atoms with Gasteiger partial charge in [-0.2, -0.15) is 11.8 Å². The van der Waals surface area contributed by atoms with Gasteiger partial charge in [0.05, 0.1) is 0 Å². The normalized spacial score (nSPS) is 27.3. The SMILES string of the molecule is C1CC(C2CNC2)CCS1.Cl. The summed E-state index contributed by atoms with van der Waals surface area (Å²) in [6, 6.07) is 0. The van der Waals surface area contributed by atoms with Crippen LogP contribution in [0.5, 0.6) is 0 Å². The van der Waals surface area contributed by atoms with Gasteiger partial charge in [0.2, 0.25) is 0 Å². The topological polar surface area (TPSA) is 12.0 Å². The highest BCUT2D eigenvalue weighted by molar-refractivity contribution is 7.99. The van der Waals surface area contributed by atoms with E-state index < -0.39 is 0 Å². The van der Waals surface area contributed by atoms with Crippen LogP contribution in [0.2, 0.25) is 0 Å². The summed E-state index contributed by atoms with van der Waals surface area (Å²) < 4.78 is 0. The average Bonchev–Trinajstić information content (AvgIpc) is 1.86. The third-order valence-electron chi connectivity index (χ3n) is 2.75. The molecular weight excluding hydrogens is 178 g/mol. The van der Waals surface area contributed by atoms with Gasteiger partial charge in [0.25, 0.3) is 0 Å². The van der Waals surface area contributed by atoms with Gasteiger partial charge in [-0.05, 0) is 49.3 Å². The lowest BCUT2D eigenvalue weighted by atomic mass is 9.83. The van der Waals surface area contributed by atoms with E-state index in [4.69, 9.17) is 0 Å². The van der Waals surface area contributed by atoms with Crippen LogP contribution in [0.4, 0.5) is 0 Å². The molecule has 0 aromatic heterocycles. The molecular formula is C8H16ClNS. The van der Waals surface area contributed by atoms with Crippen molar-refractivity contribution in [2.75, 3.05) is 24.6 Å². The van der Waals surface area contributed by atoms with Gasteiger partial charge in [0, 0.05) is 0 Å². The number of hydrogen-bond acceptors (Lipinski definition) is 2. The molecule has 0 saturated carbocycles. The molecule has 1 N–H and O–H groups in total. The summed E-state index contributed by atoms with van der Waals surface area (Å²) in [6.45, 7) is 2.60. The van der Waals surface area contributed by atoms with E-state index in [1.165, 1.54) is 37.4 Å². The average molecular weight is 194 g/mol. The van der Waals surface area contributed by atoms with Crippen molar-refractivity contribution < 1.29 is 0 Å². The molecule has 2 aliphatic heterocycles. The lowest BCUT2D eigenvalue weighted by molar-refractivity contribution is 0.221. The van der Waals surface area contributed by atoms with Gasteiger partial charge < -0.3 is 5.32 Å². The minimum atomic E-state index is 0. The molecule has 3 heteroatoms. The zero-order chi connectivity index (χ0) is 6.81. The molecule has 0 atom stereocenters. The van der Waals surface area contributed by atoms with E-state index in [1.807, 2.05) is 0 Å². The highest BCUT2D eigenvalue weighted by Gasteiger charge is 2.27. The number of halogens is 1. The summed E-state index contributed by atoms with van der Waals surface area (Å²) in [6.07, 6.45) is 2.97. The van der Waals surface area contributed by atoms with Crippen LogP contribution in [-0.4, -0.2) is 24.6 Å². The minimum Gasteiger partial charge on any atom is -0.316 e. The first-order chi connectivity index (χ1) is 4.97.